The summed E-state index contributed by atoms with van der Waals surface area (Å²) in [5, 5.41) is 0.584. The molecule has 0 N–H and O–H groups in total. The molecule has 0 bridgehead atoms. The first kappa shape index (κ1) is 13.8. The van der Waals surface area contributed by atoms with E-state index in [1.807, 2.05) is 0 Å². The molecule has 1 rings (SSSR count). The normalized spacial score (nSPS) is 14.3. The Kier molecular flexibility index (Phi) is 6.02. The Morgan fingerprint density at radius 2 is 1.85 bits per heavy atom. The summed E-state index contributed by atoms with van der Waals surface area (Å²) in [6.45, 7) is 0. The maximum atomic E-state index is 10.7. The van der Waals surface area contributed by atoms with Crippen LogP contribution in [0.1, 0.15) is 5.56 Å². The standard InChI is InChI=1S/C7H7ClO2S2.Na/c8-7-3-1-6(2-4-7)5-12(9,10)11;/h1-4H,5H2,(H,9,10,11);/q;+1/p-1. The fraction of sp³-hybridized carbons (Fsp3) is 0.143. The first-order chi connectivity index (χ1) is 5.47. The van der Waals surface area contributed by atoms with Crippen LogP contribution < -0.4 is 29.6 Å². The molecule has 1 atom stereocenters. The molecule has 0 aliphatic heterocycles. The topological polar surface area (TPSA) is 40.1 Å². The predicted octanol–water partition coefficient (Wildman–Crippen LogP) is -1.28. The molecule has 0 radical (unpaired) electrons. The fourth-order valence-electron chi connectivity index (χ4n) is 0.785. The van der Waals surface area contributed by atoms with Gasteiger partial charge in [0, 0.05) is 10.8 Å². The second-order valence-electron chi connectivity index (χ2n) is 2.33. The molecule has 0 heterocycles. The average molecular weight is 245 g/mol. The van der Waals surface area contributed by atoms with E-state index in [0.29, 0.717) is 10.6 Å². The van der Waals surface area contributed by atoms with Crippen LogP contribution in [0.4, 0.5) is 0 Å². The molecular formula is C7H6ClNaO2S2. The van der Waals surface area contributed by atoms with E-state index in [0.717, 1.165) is 0 Å². The van der Waals surface area contributed by atoms with Gasteiger partial charge < -0.3 is 4.55 Å². The van der Waals surface area contributed by atoms with Crippen molar-refractivity contribution in [3.63, 3.8) is 0 Å². The van der Waals surface area contributed by atoms with Crippen LogP contribution >= 0.6 is 11.6 Å². The summed E-state index contributed by atoms with van der Waals surface area (Å²) < 4.78 is 21.3. The number of hydrogen-bond acceptors (Lipinski definition) is 3. The smallest absolute Gasteiger partial charge is 0.769 e. The molecule has 0 aliphatic carbocycles. The van der Waals surface area contributed by atoms with Gasteiger partial charge in [-0.1, -0.05) is 23.7 Å². The second-order valence-corrected chi connectivity index (χ2v) is 5.69. The van der Waals surface area contributed by atoms with E-state index in [9.17, 15) is 8.76 Å². The molecule has 13 heavy (non-hydrogen) atoms. The third kappa shape index (κ3) is 6.01. The maximum absolute atomic E-state index is 10.7. The van der Waals surface area contributed by atoms with E-state index < -0.39 is 8.77 Å². The molecule has 0 saturated heterocycles. The van der Waals surface area contributed by atoms with Crippen molar-refractivity contribution in [2.75, 3.05) is 0 Å². The van der Waals surface area contributed by atoms with Crippen LogP contribution in [0.5, 0.6) is 0 Å². The van der Waals surface area contributed by atoms with Gasteiger partial charge in [0.25, 0.3) is 0 Å². The van der Waals surface area contributed by atoms with Crippen LogP contribution in [0.2, 0.25) is 5.02 Å². The molecular weight excluding hydrogens is 239 g/mol. The molecule has 0 fully saturated rings. The minimum atomic E-state index is -3.35. The quantitative estimate of drug-likeness (QED) is 0.609. The molecule has 1 unspecified atom stereocenters. The molecule has 0 aliphatic rings. The summed E-state index contributed by atoms with van der Waals surface area (Å²) in [6, 6.07) is 6.56. The van der Waals surface area contributed by atoms with E-state index >= 15 is 0 Å². The van der Waals surface area contributed by atoms with Gasteiger partial charge in [-0.15, -0.1) is 0 Å². The fourth-order valence-corrected chi connectivity index (χ4v) is 1.92. The van der Waals surface area contributed by atoms with Gasteiger partial charge in [0.15, 0.2) is 0 Å². The van der Waals surface area contributed by atoms with Gasteiger partial charge in [-0.05, 0) is 37.7 Å². The summed E-state index contributed by atoms with van der Waals surface area (Å²) in [5.74, 6) is -0.112. The Morgan fingerprint density at radius 3 is 2.23 bits per heavy atom. The Hall–Kier alpha value is 0.840. The van der Waals surface area contributed by atoms with Crippen molar-refractivity contribution in [1.29, 1.82) is 0 Å². The van der Waals surface area contributed by atoms with Crippen LogP contribution in [0.25, 0.3) is 0 Å². The van der Waals surface area contributed by atoms with Crippen molar-refractivity contribution in [2.24, 2.45) is 0 Å². The van der Waals surface area contributed by atoms with Gasteiger partial charge in [-0.2, -0.15) is 0 Å². The first-order valence-corrected chi connectivity index (χ1v) is 6.11. The third-order valence-electron chi connectivity index (χ3n) is 1.26. The maximum Gasteiger partial charge on any atom is 1.00 e. The Balaban J connectivity index is 0.00000144. The average Bonchev–Trinajstić information content (AvgIpc) is 1.91. The predicted molar refractivity (Wildman–Crippen MR) is 51.4 cm³/mol. The van der Waals surface area contributed by atoms with E-state index in [1.54, 1.807) is 24.3 Å². The SMILES string of the molecule is O=S([O-])(=S)Cc1ccc(Cl)cc1.[Na+]. The molecule has 0 spiro atoms. The summed E-state index contributed by atoms with van der Waals surface area (Å²) in [4.78, 5) is 0. The van der Waals surface area contributed by atoms with Crippen LogP contribution in [-0.4, -0.2) is 8.76 Å². The number of rotatable bonds is 2. The summed E-state index contributed by atoms with van der Waals surface area (Å²) in [6.07, 6.45) is 0. The minimum absolute atomic E-state index is 0. The molecule has 0 aromatic heterocycles. The molecule has 1 aromatic carbocycles. The van der Waals surface area contributed by atoms with Crippen molar-refractivity contribution in [2.45, 2.75) is 5.75 Å². The largest absolute Gasteiger partial charge is 1.00 e. The zero-order chi connectivity index (χ0) is 9.19. The Labute approximate surface area is 109 Å². The monoisotopic (exact) mass is 244 g/mol. The minimum Gasteiger partial charge on any atom is -0.769 e. The van der Waals surface area contributed by atoms with Gasteiger partial charge in [0.05, 0.1) is 0 Å². The van der Waals surface area contributed by atoms with Gasteiger partial charge in [-0.3, -0.25) is 4.21 Å². The van der Waals surface area contributed by atoms with E-state index in [4.69, 9.17) is 11.6 Å². The van der Waals surface area contributed by atoms with Crippen molar-refractivity contribution in [1.82, 2.24) is 0 Å². The van der Waals surface area contributed by atoms with Crippen molar-refractivity contribution >= 4 is 31.6 Å². The zero-order valence-corrected chi connectivity index (χ0v) is 11.4. The van der Waals surface area contributed by atoms with E-state index in [2.05, 4.69) is 11.2 Å². The van der Waals surface area contributed by atoms with Crippen molar-refractivity contribution in [3.05, 3.63) is 34.9 Å². The number of hydrogen-bond donors (Lipinski definition) is 0. The molecule has 2 nitrogen and oxygen atoms in total. The van der Waals surface area contributed by atoms with Gasteiger partial charge in [-0.25, -0.2) is 0 Å². The van der Waals surface area contributed by atoms with Gasteiger partial charge >= 0.3 is 29.6 Å². The van der Waals surface area contributed by atoms with Crippen molar-refractivity contribution in [3.8, 4) is 0 Å². The Bertz CT molecular complexity index is 361. The summed E-state index contributed by atoms with van der Waals surface area (Å²) in [5.41, 5.74) is 0.661. The third-order valence-corrected chi connectivity index (χ3v) is 2.55. The van der Waals surface area contributed by atoms with E-state index in [-0.39, 0.29) is 35.3 Å². The molecule has 0 saturated carbocycles. The number of halogens is 1. The molecule has 6 heteroatoms. The summed E-state index contributed by atoms with van der Waals surface area (Å²) >= 11 is 9.85. The van der Waals surface area contributed by atoms with Gasteiger partial charge in [0.1, 0.15) is 0 Å². The van der Waals surface area contributed by atoms with Crippen LogP contribution in [0.15, 0.2) is 24.3 Å². The number of benzene rings is 1. The Morgan fingerprint density at radius 1 is 1.38 bits per heavy atom. The second kappa shape index (κ2) is 5.66. The summed E-state index contributed by atoms with van der Waals surface area (Å²) in [7, 11) is -3.35. The molecule has 66 valence electrons. The van der Waals surface area contributed by atoms with Crippen LogP contribution in [0.3, 0.4) is 0 Å². The van der Waals surface area contributed by atoms with E-state index in [1.165, 1.54) is 0 Å². The molecule has 1 aromatic rings. The van der Waals surface area contributed by atoms with Crippen LogP contribution in [-0.2, 0) is 25.7 Å². The first-order valence-electron chi connectivity index (χ1n) is 3.15. The van der Waals surface area contributed by atoms with Crippen LogP contribution in [0, 0.1) is 0 Å². The molecule has 0 amide bonds. The van der Waals surface area contributed by atoms with Gasteiger partial charge in [0.2, 0.25) is 0 Å². The van der Waals surface area contributed by atoms with Crippen molar-refractivity contribution < 1.29 is 38.3 Å². The zero-order valence-electron chi connectivity index (χ0n) is 7.03.